The first-order valence-corrected chi connectivity index (χ1v) is 8.93. The molecule has 5 rings (SSSR count). The fraction of sp³-hybridized carbons (Fsp3) is 0.579. The fourth-order valence-corrected chi connectivity index (χ4v) is 4.71. The van der Waals surface area contributed by atoms with Crippen molar-refractivity contribution in [1.29, 1.82) is 0 Å². The zero-order valence-corrected chi connectivity index (χ0v) is 14.5. The number of ether oxygens (including phenoxy) is 5. The summed E-state index contributed by atoms with van der Waals surface area (Å²) in [5, 5.41) is 3.64. The first-order valence-electron chi connectivity index (χ1n) is 8.93. The Kier molecular flexibility index (Phi) is 3.57. The van der Waals surface area contributed by atoms with Gasteiger partial charge in [0, 0.05) is 31.9 Å². The van der Waals surface area contributed by atoms with Gasteiger partial charge in [0.05, 0.1) is 17.6 Å². The molecular weight excluding hydrogens is 322 g/mol. The van der Waals surface area contributed by atoms with E-state index in [1.165, 1.54) is 5.56 Å². The van der Waals surface area contributed by atoms with Gasteiger partial charge in [0.2, 0.25) is 6.79 Å². The predicted molar refractivity (Wildman–Crippen MR) is 89.8 cm³/mol. The molecule has 0 amide bonds. The zero-order valence-electron chi connectivity index (χ0n) is 14.5. The van der Waals surface area contributed by atoms with Crippen LogP contribution in [0.3, 0.4) is 0 Å². The molecule has 6 nitrogen and oxygen atoms in total. The zero-order chi connectivity index (χ0) is 17.0. The van der Waals surface area contributed by atoms with Crippen LogP contribution in [0, 0.1) is 0 Å². The Hall–Kier alpha value is -1.60. The van der Waals surface area contributed by atoms with Crippen LogP contribution in [0.5, 0.6) is 11.5 Å². The van der Waals surface area contributed by atoms with Crippen molar-refractivity contribution >= 4 is 0 Å². The summed E-state index contributed by atoms with van der Waals surface area (Å²) in [7, 11) is 1.76. The average Bonchev–Trinajstić information content (AvgIpc) is 3.24. The molecule has 3 aliphatic heterocycles. The lowest BCUT2D eigenvalue weighted by molar-refractivity contribution is -0.189. The Morgan fingerprint density at radius 3 is 2.92 bits per heavy atom. The standard InChI is InChI=1S/C19H23NO5/c1-3-22-18-12-7-14-15(24-10-23-14)8-13(12)19-5-4-11(21-2)6-16(19)20-9-17(19)25-18/h4-5,7-8,11,16-18,20H,3,6,9-10H2,1-2H3. The van der Waals surface area contributed by atoms with Crippen molar-refractivity contribution in [2.75, 3.05) is 27.1 Å². The van der Waals surface area contributed by atoms with E-state index < -0.39 is 0 Å². The molecule has 6 heteroatoms. The molecule has 1 spiro atoms. The van der Waals surface area contributed by atoms with Crippen molar-refractivity contribution in [3.63, 3.8) is 0 Å². The van der Waals surface area contributed by atoms with Crippen LogP contribution in [0.4, 0.5) is 0 Å². The van der Waals surface area contributed by atoms with E-state index >= 15 is 0 Å². The summed E-state index contributed by atoms with van der Waals surface area (Å²) in [6.07, 6.45) is 5.12. The van der Waals surface area contributed by atoms with Gasteiger partial charge >= 0.3 is 0 Å². The van der Waals surface area contributed by atoms with Gasteiger partial charge < -0.3 is 29.0 Å². The van der Waals surface area contributed by atoms with E-state index in [2.05, 4.69) is 23.5 Å². The highest BCUT2D eigenvalue weighted by molar-refractivity contribution is 5.56. The average molecular weight is 345 g/mol. The monoisotopic (exact) mass is 345 g/mol. The van der Waals surface area contributed by atoms with Gasteiger partial charge in [-0.2, -0.15) is 0 Å². The molecule has 5 unspecified atom stereocenters. The minimum Gasteiger partial charge on any atom is -0.454 e. The second-order valence-corrected chi connectivity index (χ2v) is 6.97. The predicted octanol–water partition coefficient (Wildman–Crippen LogP) is 2.03. The molecule has 0 radical (unpaired) electrons. The van der Waals surface area contributed by atoms with Crippen LogP contribution in [0.2, 0.25) is 0 Å². The van der Waals surface area contributed by atoms with Gasteiger partial charge in [-0.05, 0) is 31.0 Å². The van der Waals surface area contributed by atoms with Crippen LogP contribution in [-0.2, 0) is 19.6 Å². The van der Waals surface area contributed by atoms with E-state index in [9.17, 15) is 0 Å². The van der Waals surface area contributed by atoms with E-state index in [1.807, 2.05) is 13.0 Å². The van der Waals surface area contributed by atoms with E-state index in [4.69, 9.17) is 23.7 Å². The summed E-state index contributed by atoms with van der Waals surface area (Å²) in [5.41, 5.74) is 2.03. The Morgan fingerprint density at radius 2 is 2.12 bits per heavy atom. The maximum Gasteiger partial charge on any atom is 0.231 e. The maximum atomic E-state index is 6.39. The molecule has 0 saturated carbocycles. The molecule has 1 aromatic rings. The molecule has 4 aliphatic rings. The number of benzene rings is 1. The molecule has 1 fully saturated rings. The molecule has 5 atom stereocenters. The minimum absolute atomic E-state index is 0.0241. The van der Waals surface area contributed by atoms with Crippen molar-refractivity contribution in [1.82, 2.24) is 5.32 Å². The van der Waals surface area contributed by atoms with Crippen LogP contribution in [0.25, 0.3) is 0 Å². The fourth-order valence-electron chi connectivity index (χ4n) is 4.71. The number of nitrogens with one attached hydrogen (secondary N) is 1. The summed E-state index contributed by atoms with van der Waals surface area (Å²) in [6.45, 7) is 3.64. The lowest BCUT2D eigenvalue weighted by Gasteiger charge is -2.46. The molecule has 0 aromatic heterocycles. The molecule has 25 heavy (non-hydrogen) atoms. The Labute approximate surface area is 147 Å². The third kappa shape index (κ3) is 2.11. The van der Waals surface area contributed by atoms with E-state index in [1.54, 1.807) is 7.11 Å². The number of methoxy groups -OCH3 is 1. The molecule has 1 aromatic carbocycles. The number of hydrogen-bond donors (Lipinski definition) is 1. The van der Waals surface area contributed by atoms with Gasteiger partial charge in [-0.15, -0.1) is 0 Å². The molecule has 3 heterocycles. The maximum absolute atomic E-state index is 6.39. The van der Waals surface area contributed by atoms with Gasteiger partial charge in [0.15, 0.2) is 17.8 Å². The van der Waals surface area contributed by atoms with Gasteiger partial charge in [0.1, 0.15) is 0 Å². The highest BCUT2D eigenvalue weighted by Gasteiger charge is 2.57. The smallest absolute Gasteiger partial charge is 0.231 e. The van der Waals surface area contributed by atoms with Crippen LogP contribution in [0.1, 0.15) is 30.8 Å². The Bertz CT molecular complexity index is 720. The number of hydrogen-bond acceptors (Lipinski definition) is 6. The van der Waals surface area contributed by atoms with Crippen molar-refractivity contribution in [3.05, 3.63) is 35.4 Å². The summed E-state index contributed by atoms with van der Waals surface area (Å²) in [4.78, 5) is 0. The highest BCUT2D eigenvalue weighted by atomic mass is 16.7. The largest absolute Gasteiger partial charge is 0.454 e. The minimum atomic E-state index is -0.376. The second kappa shape index (κ2) is 5.71. The summed E-state index contributed by atoms with van der Waals surface area (Å²) in [5.74, 6) is 1.57. The first-order chi connectivity index (χ1) is 12.3. The molecule has 1 aliphatic carbocycles. The SMILES string of the molecule is CCOC1OC2CNC3CC(OC)C=CC32c2cc3c(cc21)OCO3. The number of fused-ring (bicyclic) bond motifs is 2. The van der Waals surface area contributed by atoms with E-state index in [-0.39, 0.29) is 36.7 Å². The van der Waals surface area contributed by atoms with Crippen LogP contribution in [-0.4, -0.2) is 45.3 Å². The van der Waals surface area contributed by atoms with E-state index in [0.29, 0.717) is 6.61 Å². The van der Waals surface area contributed by atoms with Crippen molar-refractivity contribution in [2.45, 2.75) is 43.3 Å². The molecule has 0 bridgehead atoms. The van der Waals surface area contributed by atoms with E-state index in [0.717, 1.165) is 30.0 Å². The van der Waals surface area contributed by atoms with Crippen molar-refractivity contribution < 1.29 is 23.7 Å². The topological polar surface area (TPSA) is 58.2 Å². The summed E-state index contributed by atoms with van der Waals surface area (Å²) < 4.78 is 29.1. The highest BCUT2D eigenvalue weighted by Crippen LogP contribution is 2.53. The molecule has 1 N–H and O–H groups in total. The lowest BCUT2D eigenvalue weighted by Crippen LogP contribution is -2.52. The third-order valence-corrected chi connectivity index (χ3v) is 5.89. The van der Waals surface area contributed by atoms with Gasteiger partial charge in [0.25, 0.3) is 0 Å². The van der Waals surface area contributed by atoms with Gasteiger partial charge in [-0.1, -0.05) is 12.2 Å². The Balaban J connectivity index is 1.68. The normalized spacial score (nSPS) is 37.5. The van der Waals surface area contributed by atoms with Crippen molar-refractivity contribution in [3.8, 4) is 11.5 Å². The summed E-state index contributed by atoms with van der Waals surface area (Å²) in [6, 6.07) is 4.40. The van der Waals surface area contributed by atoms with Gasteiger partial charge in [-0.25, -0.2) is 0 Å². The van der Waals surface area contributed by atoms with Gasteiger partial charge in [-0.3, -0.25) is 0 Å². The quantitative estimate of drug-likeness (QED) is 0.846. The van der Waals surface area contributed by atoms with Crippen LogP contribution < -0.4 is 14.8 Å². The molecular formula is C19H23NO5. The van der Waals surface area contributed by atoms with Crippen LogP contribution in [0.15, 0.2) is 24.3 Å². The third-order valence-electron chi connectivity index (χ3n) is 5.89. The molecule has 1 saturated heterocycles. The second-order valence-electron chi connectivity index (χ2n) is 6.97. The van der Waals surface area contributed by atoms with Crippen molar-refractivity contribution in [2.24, 2.45) is 0 Å². The molecule has 134 valence electrons. The lowest BCUT2D eigenvalue weighted by atomic mass is 9.65. The summed E-state index contributed by atoms with van der Waals surface area (Å²) >= 11 is 0. The number of rotatable bonds is 3. The van der Waals surface area contributed by atoms with Crippen LogP contribution >= 0.6 is 0 Å². The Morgan fingerprint density at radius 1 is 1.28 bits per heavy atom. The first kappa shape index (κ1) is 15.6.